The summed E-state index contributed by atoms with van der Waals surface area (Å²) in [4.78, 5) is 31.4. The molecule has 2 fully saturated rings. The topological polar surface area (TPSA) is 75.9 Å². The first kappa shape index (κ1) is 18.8. The largest absolute Gasteiger partial charge is 0.444 e. The van der Waals surface area contributed by atoms with E-state index in [1.807, 2.05) is 69.6 Å². The molecular formula is C21H28N4O3. The molecule has 28 heavy (non-hydrogen) atoms. The molecule has 0 radical (unpaired) electrons. The highest BCUT2D eigenvalue weighted by Crippen LogP contribution is 2.52. The fourth-order valence-corrected chi connectivity index (χ4v) is 4.08. The van der Waals surface area contributed by atoms with E-state index >= 15 is 0 Å². The molecule has 2 aliphatic rings. The van der Waals surface area contributed by atoms with Gasteiger partial charge in [0.2, 0.25) is 5.91 Å². The number of carbonyl (C=O) groups excluding carboxylic acids is 2. The fourth-order valence-electron chi connectivity index (χ4n) is 4.08. The SMILES string of the molecule is CC(C)(C)OC(=O)N1C[C@@H]2C(C(=O)NC(C)(C)c3cn4ccccc4n3)[C@@H]2C1. The predicted molar refractivity (Wildman–Crippen MR) is 105 cm³/mol. The van der Waals surface area contributed by atoms with Crippen molar-refractivity contribution in [3.63, 3.8) is 0 Å². The molecule has 0 spiro atoms. The van der Waals surface area contributed by atoms with Gasteiger partial charge in [0.1, 0.15) is 11.2 Å². The second-order valence-corrected chi connectivity index (χ2v) is 9.45. The lowest BCUT2D eigenvalue weighted by Gasteiger charge is -2.27. The number of nitrogens with zero attached hydrogens (tertiary/aromatic N) is 3. The lowest BCUT2D eigenvalue weighted by atomic mass is 10.0. The number of ether oxygens (including phenoxy) is 1. The minimum absolute atomic E-state index is 0.0324. The van der Waals surface area contributed by atoms with Crippen LogP contribution in [0.15, 0.2) is 30.6 Å². The van der Waals surface area contributed by atoms with Gasteiger partial charge in [0, 0.05) is 31.4 Å². The number of carbonyl (C=O) groups is 2. The second-order valence-electron chi connectivity index (χ2n) is 9.45. The Morgan fingerprint density at radius 2 is 1.82 bits per heavy atom. The van der Waals surface area contributed by atoms with Crippen molar-refractivity contribution >= 4 is 17.6 Å². The highest BCUT2D eigenvalue weighted by molar-refractivity contribution is 5.84. The first-order valence-electron chi connectivity index (χ1n) is 9.79. The zero-order valence-corrected chi connectivity index (χ0v) is 17.1. The van der Waals surface area contributed by atoms with Gasteiger partial charge in [-0.3, -0.25) is 4.79 Å². The van der Waals surface area contributed by atoms with Gasteiger partial charge in [-0.1, -0.05) is 6.07 Å². The second kappa shape index (κ2) is 6.22. The summed E-state index contributed by atoms with van der Waals surface area (Å²) in [6.45, 7) is 10.7. The molecule has 3 atom stereocenters. The molecule has 2 aromatic heterocycles. The Morgan fingerprint density at radius 3 is 2.43 bits per heavy atom. The van der Waals surface area contributed by atoms with Gasteiger partial charge in [-0.05, 0) is 58.6 Å². The summed E-state index contributed by atoms with van der Waals surface area (Å²) in [5.41, 5.74) is 0.619. The number of pyridine rings is 1. The number of nitrogens with one attached hydrogen (secondary N) is 1. The number of hydrogen-bond acceptors (Lipinski definition) is 4. The number of amides is 2. The third-order valence-electron chi connectivity index (χ3n) is 5.59. The predicted octanol–water partition coefficient (Wildman–Crippen LogP) is 2.80. The maximum absolute atomic E-state index is 12.8. The molecule has 0 aromatic carbocycles. The van der Waals surface area contributed by atoms with E-state index in [4.69, 9.17) is 4.74 Å². The molecular weight excluding hydrogens is 356 g/mol. The van der Waals surface area contributed by atoms with Gasteiger partial charge in [-0.2, -0.15) is 0 Å². The Morgan fingerprint density at radius 1 is 1.14 bits per heavy atom. The zero-order valence-electron chi connectivity index (χ0n) is 17.1. The van der Waals surface area contributed by atoms with Crippen LogP contribution in [0.2, 0.25) is 0 Å². The summed E-state index contributed by atoms with van der Waals surface area (Å²) in [6, 6.07) is 5.84. The van der Waals surface area contributed by atoms with Crippen LogP contribution in [0.25, 0.3) is 5.65 Å². The van der Waals surface area contributed by atoms with Crippen molar-refractivity contribution in [3.8, 4) is 0 Å². The smallest absolute Gasteiger partial charge is 0.410 e. The normalized spacial score (nSPS) is 24.2. The Bertz CT molecular complexity index is 882. The number of hydrogen-bond donors (Lipinski definition) is 1. The molecule has 3 heterocycles. The molecule has 1 aliphatic carbocycles. The molecule has 150 valence electrons. The summed E-state index contributed by atoms with van der Waals surface area (Å²) < 4.78 is 7.38. The molecule has 2 amide bonds. The van der Waals surface area contributed by atoms with E-state index in [9.17, 15) is 9.59 Å². The van der Waals surface area contributed by atoms with Gasteiger partial charge in [0.15, 0.2) is 0 Å². The average molecular weight is 384 g/mol. The van der Waals surface area contributed by atoms with Gasteiger partial charge in [0.05, 0.1) is 11.2 Å². The number of piperidine rings is 1. The molecule has 1 saturated heterocycles. The van der Waals surface area contributed by atoms with Crippen LogP contribution in [0.3, 0.4) is 0 Å². The third kappa shape index (κ3) is 3.45. The summed E-state index contributed by atoms with van der Waals surface area (Å²) in [5.74, 6) is 0.463. The van der Waals surface area contributed by atoms with Crippen LogP contribution in [-0.2, 0) is 15.1 Å². The minimum atomic E-state index is -0.565. The molecule has 0 bridgehead atoms. The maximum atomic E-state index is 12.8. The summed E-state index contributed by atoms with van der Waals surface area (Å²) in [5, 5.41) is 3.16. The van der Waals surface area contributed by atoms with E-state index in [1.54, 1.807) is 4.90 Å². The van der Waals surface area contributed by atoms with Crippen molar-refractivity contribution in [2.45, 2.75) is 45.8 Å². The van der Waals surface area contributed by atoms with Crippen LogP contribution in [0.1, 0.15) is 40.3 Å². The van der Waals surface area contributed by atoms with E-state index in [1.165, 1.54) is 0 Å². The van der Waals surface area contributed by atoms with Crippen LogP contribution in [0.4, 0.5) is 4.79 Å². The summed E-state index contributed by atoms with van der Waals surface area (Å²) >= 11 is 0. The van der Waals surface area contributed by atoms with Crippen LogP contribution in [-0.4, -0.2) is 45.0 Å². The zero-order chi connectivity index (χ0) is 20.3. The molecule has 2 aromatic rings. The van der Waals surface area contributed by atoms with Crippen LogP contribution < -0.4 is 5.32 Å². The lowest BCUT2D eigenvalue weighted by Crippen LogP contribution is -2.44. The van der Waals surface area contributed by atoms with Gasteiger partial charge in [-0.25, -0.2) is 9.78 Å². The third-order valence-corrected chi connectivity index (χ3v) is 5.59. The van der Waals surface area contributed by atoms with Crippen molar-refractivity contribution in [1.29, 1.82) is 0 Å². The molecule has 1 unspecified atom stereocenters. The Hall–Kier alpha value is -2.57. The maximum Gasteiger partial charge on any atom is 0.410 e. The summed E-state index contributed by atoms with van der Waals surface area (Å²) in [6.07, 6.45) is 3.61. The van der Waals surface area contributed by atoms with Crippen molar-refractivity contribution < 1.29 is 14.3 Å². The van der Waals surface area contributed by atoms with E-state index in [2.05, 4.69) is 10.3 Å². The first-order chi connectivity index (χ1) is 13.0. The highest BCUT2D eigenvalue weighted by Gasteiger charge is 2.61. The van der Waals surface area contributed by atoms with Crippen molar-refractivity contribution in [1.82, 2.24) is 19.6 Å². The average Bonchev–Trinajstić information content (AvgIpc) is 2.96. The van der Waals surface area contributed by atoms with Gasteiger partial charge in [-0.15, -0.1) is 0 Å². The van der Waals surface area contributed by atoms with Gasteiger partial charge < -0.3 is 19.4 Å². The fraction of sp³-hybridized carbons (Fsp3) is 0.571. The lowest BCUT2D eigenvalue weighted by molar-refractivity contribution is -0.125. The number of aromatic nitrogens is 2. The van der Waals surface area contributed by atoms with E-state index in [0.717, 1.165) is 11.3 Å². The molecule has 4 rings (SSSR count). The van der Waals surface area contributed by atoms with E-state index in [0.29, 0.717) is 13.1 Å². The Labute approximate surface area is 165 Å². The number of rotatable bonds is 3. The quantitative estimate of drug-likeness (QED) is 0.883. The number of fused-ring (bicyclic) bond motifs is 2. The molecule has 1 N–H and O–H groups in total. The highest BCUT2D eigenvalue weighted by atomic mass is 16.6. The molecule has 7 heteroatoms. The van der Waals surface area contributed by atoms with Crippen LogP contribution >= 0.6 is 0 Å². The van der Waals surface area contributed by atoms with Crippen molar-refractivity contribution in [2.24, 2.45) is 17.8 Å². The minimum Gasteiger partial charge on any atom is -0.444 e. The van der Waals surface area contributed by atoms with Crippen LogP contribution in [0, 0.1) is 17.8 Å². The van der Waals surface area contributed by atoms with Crippen molar-refractivity contribution in [3.05, 3.63) is 36.3 Å². The van der Waals surface area contributed by atoms with E-state index in [-0.39, 0.29) is 29.8 Å². The first-order valence-corrected chi connectivity index (χ1v) is 9.79. The van der Waals surface area contributed by atoms with Gasteiger partial charge in [0.25, 0.3) is 0 Å². The molecule has 1 aliphatic heterocycles. The van der Waals surface area contributed by atoms with Crippen LogP contribution in [0.5, 0.6) is 0 Å². The summed E-state index contributed by atoms with van der Waals surface area (Å²) in [7, 11) is 0. The van der Waals surface area contributed by atoms with E-state index < -0.39 is 11.1 Å². The monoisotopic (exact) mass is 384 g/mol. The number of imidazole rings is 1. The number of likely N-dealkylation sites (tertiary alicyclic amines) is 1. The van der Waals surface area contributed by atoms with Crippen molar-refractivity contribution in [2.75, 3.05) is 13.1 Å². The molecule has 7 nitrogen and oxygen atoms in total. The molecule has 1 saturated carbocycles. The standard InChI is InChI=1S/C21H28N4O3/c1-20(2,3)28-19(27)25-10-13-14(11-25)17(13)18(26)23-21(4,5)15-12-24-9-7-6-8-16(24)22-15/h6-9,12-14,17H,10-11H2,1-5H3,(H,23,26)/t13-,14+,17?. The Balaban J connectivity index is 1.36. The van der Waals surface area contributed by atoms with Gasteiger partial charge >= 0.3 is 6.09 Å². The Kier molecular flexibility index (Phi) is 4.17.